The average Bonchev–Trinajstić information content (AvgIpc) is 3.79. The average molecular weight is 710 g/mol. The van der Waals surface area contributed by atoms with Gasteiger partial charge in [-0.3, -0.25) is 4.90 Å². The number of fused-ring (bicyclic) bond motifs is 15. The van der Waals surface area contributed by atoms with Crippen molar-refractivity contribution in [3.05, 3.63) is 163 Å². The Morgan fingerprint density at radius 3 is 2.17 bits per heavy atom. The molecule has 11 aromatic rings. The Bertz CT molecular complexity index is 3390. The molecule has 1 aliphatic heterocycles. The summed E-state index contributed by atoms with van der Waals surface area (Å²) in [5.74, 6) is 0.616. The van der Waals surface area contributed by atoms with E-state index in [1.807, 2.05) is 17.4 Å². The second-order valence-corrected chi connectivity index (χ2v) is 16.0. The number of hydrogen-bond acceptors (Lipinski definition) is 5. The van der Waals surface area contributed by atoms with Crippen molar-refractivity contribution in [1.29, 1.82) is 0 Å². The lowest BCUT2D eigenvalue weighted by molar-refractivity contribution is 0.628. The van der Waals surface area contributed by atoms with Crippen LogP contribution < -0.4 is 4.90 Å². The summed E-state index contributed by atoms with van der Waals surface area (Å²) in [6, 6.07) is 54.3. The van der Waals surface area contributed by atoms with E-state index in [4.69, 9.17) is 14.4 Å². The van der Waals surface area contributed by atoms with Crippen LogP contribution in [-0.2, 0) is 5.41 Å². The monoisotopic (exact) mass is 709 g/mol. The lowest BCUT2D eigenvalue weighted by Gasteiger charge is -2.41. The molecule has 0 radical (unpaired) electrons. The number of thiophene rings is 1. The fourth-order valence-corrected chi connectivity index (χ4v) is 10.3. The highest BCUT2D eigenvalue weighted by molar-refractivity contribution is 7.25. The van der Waals surface area contributed by atoms with E-state index >= 15 is 0 Å². The molecule has 3 aromatic heterocycles. The second-order valence-electron chi connectivity index (χ2n) is 14.9. The van der Waals surface area contributed by atoms with Crippen LogP contribution in [0.15, 0.2) is 156 Å². The zero-order valence-electron chi connectivity index (χ0n) is 29.6. The Hall–Kier alpha value is -6.56. The summed E-state index contributed by atoms with van der Waals surface area (Å²) in [6.45, 7) is 4.67. The predicted molar refractivity (Wildman–Crippen MR) is 227 cm³/mol. The molecule has 0 atom stereocenters. The van der Waals surface area contributed by atoms with Gasteiger partial charge in [0.25, 0.3) is 0 Å². The van der Waals surface area contributed by atoms with Crippen LogP contribution in [0.4, 0.5) is 17.3 Å². The van der Waals surface area contributed by atoms with Crippen molar-refractivity contribution in [2.45, 2.75) is 19.3 Å². The van der Waals surface area contributed by atoms with Gasteiger partial charge in [-0.05, 0) is 63.7 Å². The maximum absolute atomic E-state index is 6.98. The molecule has 0 bridgehead atoms. The van der Waals surface area contributed by atoms with Gasteiger partial charge in [-0.25, -0.2) is 9.97 Å². The van der Waals surface area contributed by atoms with Crippen LogP contribution in [0.5, 0.6) is 0 Å². The van der Waals surface area contributed by atoms with Gasteiger partial charge in [-0.2, -0.15) is 0 Å². The van der Waals surface area contributed by atoms with E-state index in [9.17, 15) is 0 Å². The minimum Gasteiger partial charge on any atom is -0.454 e. The third kappa shape index (κ3) is 3.97. The zero-order chi connectivity index (χ0) is 35.7. The van der Waals surface area contributed by atoms with Crippen LogP contribution in [0.3, 0.4) is 0 Å². The molecule has 8 aromatic carbocycles. The Morgan fingerprint density at radius 1 is 0.574 bits per heavy atom. The Morgan fingerprint density at radius 2 is 1.28 bits per heavy atom. The third-order valence-electron chi connectivity index (χ3n) is 11.6. The highest BCUT2D eigenvalue weighted by Gasteiger charge is 2.42. The Balaban J connectivity index is 1.25. The first-order valence-electron chi connectivity index (χ1n) is 18.4. The minimum atomic E-state index is -0.355. The number of furan rings is 1. The van der Waals surface area contributed by atoms with Crippen LogP contribution in [0.1, 0.15) is 25.0 Å². The highest BCUT2D eigenvalue weighted by Crippen LogP contribution is 2.57. The zero-order valence-corrected chi connectivity index (χ0v) is 30.4. The molecule has 0 saturated carbocycles. The van der Waals surface area contributed by atoms with Gasteiger partial charge < -0.3 is 4.42 Å². The van der Waals surface area contributed by atoms with Crippen molar-refractivity contribution in [2.24, 2.45) is 0 Å². The van der Waals surface area contributed by atoms with E-state index in [0.717, 1.165) is 66.2 Å². The first-order chi connectivity index (χ1) is 26.5. The molecule has 254 valence electrons. The molecule has 0 spiro atoms. The van der Waals surface area contributed by atoms with Crippen LogP contribution >= 0.6 is 11.3 Å². The van der Waals surface area contributed by atoms with Crippen molar-refractivity contribution in [3.8, 4) is 11.3 Å². The van der Waals surface area contributed by atoms with E-state index in [1.165, 1.54) is 42.1 Å². The molecule has 1 aliphatic rings. The molecule has 0 unspecified atom stereocenters. The third-order valence-corrected chi connectivity index (χ3v) is 12.8. The summed E-state index contributed by atoms with van der Waals surface area (Å²) < 4.78 is 9.53. The fraction of sp³-hybridized carbons (Fsp3) is 0.0612. The minimum absolute atomic E-state index is 0.355. The number of para-hydroxylation sites is 2. The molecule has 54 heavy (non-hydrogen) atoms. The molecule has 5 heteroatoms. The van der Waals surface area contributed by atoms with Gasteiger partial charge in [0.05, 0.1) is 22.6 Å². The normalized spacial score (nSPS) is 13.9. The van der Waals surface area contributed by atoms with Crippen molar-refractivity contribution in [3.63, 3.8) is 0 Å². The van der Waals surface area contributed by atoms with E-state index in [0.29, 0.717) is 5.95 Å². The van der Waals surface area contributed by atoms with Gasteiger partial charge >= 0.3 is 0 Å². The molecule has 4 heterocycles. The maximum Gasteiger partial charge on any atom is 0.235 e. The number of anilines is 3. The number of hydrogen-bond donors (Lipinski definition) is 0. The van der Waals surface area contributed by atoms with Crippen LogP contribution in [0.25, 0.3) is 85.8 Å². The standard InChI is InChI=1S/C49H31N3OS/c1-49(2)37-19-9-10-20-38(37)52(46-43(49)33-17-6-5-16-32(33)42-34-18-7-11-21-39(34)53-47(42)46)48-50-44(35-25-23-28-13-3-4-14-30(28)45(35)51-48)29-24-26-41-36(27-29)31-15-8-12-22-40(31)54-41/h3-27H,1-2H3. The highest BCUT2D eigenvalue weighted by atomic mass is 32.1. The maximum atomic E-state index is 6.98. The fourth-order valence-electron chi connectivity index (χ4n) is 9.19. The topological polar surface area (TPSA) is 42.2 Å². The summed E-state index contributed by atoms with van der Waals surface area (Å²) in [5.41, 5.74) is 8.72. The largest absolute Gasteiger partial charge is 0.454 e. The number of aromatic nitrogens is 2. The number of benzene rings is 8. The van der Waals surface area contributed by atoms with E-state index < -0.39 is 0 Å². The van der Waals surface area contributed by atoms with Gasteiger partial charge in [0, 0.05) is 52.7 Å². The lowest BCUT2D eigenvalue weighted by atomic mass is 9.71. The summed E-state index contributed by atoms with van der Waals surface area (Å²) in [6.07, 6.45) is 0. The molecule has 0 aliphatic carbocycles. The molecule has 4 nitrogen and oxygen atoms in total. The molecular weight excluding hydrogens is 679 g/mol. The molecule has 12 rings (SSSR count). The number of rotatable bonds is 2. The summed E-state index contributed by atoms with van der Waals surface area (Å²) in [4.78, 5) is 13.5. The van der Waals surface area contributed by atoms with Crippen LogP contribution in [0.2, 0.25) is 0 Å². The van der Waals surface area contributed by atoms with Crippen molar-refractivity contribution < 1.29 is 4.42 Å². The molecule has 0 fully saturated rings. The van der Waals surface area contributed by atoms with E-state index in [-0.39, 0.29) is 5.41 Å². The van der Waals surface area contributed by atoms with E-state index in [2.05, 4.69) is 164 Å². The number of nitrogens with zero attached hydrogens (tertiary/aromatic N) is 3. The van der Waals surface area contributed by atoms with Gasteiger partial charge in [0.15, 0.2) is 5.58 Å². The molecular formula is C49H31N3OS. The van der Waals surface area contributed by atoms with Gasteiger partial charge in [-0.1, -0.05) is 129 Å². The second kappa shape index (κ2) is 10.8. The predicted octanol–water partition coefficient (Wildman–Crippen LogP) is 14.0. The quantitative estimate of drug-likeness (QED) is 0.168. The van der Waals surface area contributed by atoms with Gasteiger partial charge in [-0.15, -0.1) is 11.3 Å². The van der Waals surface area contributed by atoms with Crippen molar-refractivity contribution >= 4 is 103 Å². The Labute approximate surface area is 314 Å². The van der Waals surface area contributed by atoms with Crippen LogP contribution in [-0.4, -0.2) is 9.97 Å². The summed E-state index contributed by atoms with van der Waals surface area (Å²) in [5, 5.41) is 10.4. The summed E-state index contributed by atoms with van der Waals surface area (Å²) >= 11 is 1.83. The summed E-state index contributed by atoms with van der Waals surface area (Å²) in [7, 11) is 0. The Kier molecular flexibility index (Phi) is 5.96. The van der Waals surface area contributed by atoms with Gasteiger partial charge in [0.2, 0.25) is 5.95 Å². The van der Waals surface area contributed by atoms with E-state index in [1.54, 1.807) is 0 Å². The van der Waals surface area contributed by atoms with Crippen molar-refractivity contribution in [2.75, 3.05) is 4.90 Å². The first-order valence-corrected chi connectivity index (χ1v) is 19.2. The molecule has 0 amide bonds. The first kappa shape index (κ1) is 30.0. The lowest BCUT2D eigenvalue weighted by Crippen LogP contribution is -2.32. The van der Waals surface area contributed by atoms with Crippen molar-refractivity contribution in [1.82, 2.24) is 9.97 Å². The van der Waals surface area contributed by atoms with Crippen LogP contribution in [0, 0.1) is 0 Å². The smallest absolute Gasteiger partial charge is 0.235 e. The van der Waals surface area contributed by atoms with Gasteiger partial charge in [0.1, 0.15) is 5.58 Å². The molecule has 0 saturated heterocycles. The SMILES string of the molecule is CC1(C)c2ccccc2N(c2nc(-c3ccc4sc5ccccc5c4c3)c3ccc4ccccc4c3n2)c2c1c1ccccc1c1c2oc2ccccc21. The molecule has 0 N–H and O–H groups in total.